The number of nitrogens with zero attached hydrogens (tertiary/aromatic N) is 5. The van der Waals surface area contributed by atoms with E-state index in [2.05, 4.69) is 20.2 Å². The van der Waals surface area contributed by atoms with Gasteiger partial charge in [-0.25, -0.2) is 0 Å². The van der Waals surface area contributed by atoms with Crippen LogP contribution < -0.4 is 0 Å². The van der Waals surface area contributed by atoms with Gasteiger partial charge in [0, 0.05) is 16.2 Å². The predicted octanol–water partition coefficient (Wildman–Crippen LogP) is 2.68. The standard InChI is InChI=1S/C8H5N5O/c9-13-11-7-3-1-6(2-4-7)8-12-10-5-14-8/h1-5H. The monoisotopic (exact) mass is 187 g/mol. The number of hydrogen-bond acceptors (Lipinski definition) is 4. The van der Waals surface area contributed by atoms with Crippen molar-refractivity contribution < 1.29 is 4.42 Å². The molecule has 1 aromatic heterocycles. The molecule has 0 bridgehead atoms. The van der Waals surface area contributed by atoms with Crippen LogP contribution in [0.3, 0.4) is 0 Å². The average molecular weight is 187 g/mol. The number of hydrogen-bond donors (Lipinski definition) is 0. The molecule has 2 aromatic rings. The van der Waals surface area contributed by atoms with Gasteiger partial charge in [0.2, 0.25) is 12.3 Å². The maximum Gasteiger partial charge on any atom is 0.247 e. The molecule has 0 aliphatic heterocycles. The van der Waals surface area contributed by atoms with Crippen molar-refractivity contribution in [3.05, 3.63) is 41.1 Å². The van der Waals surface area contributed by atoms with E-state index < -0.39 is 0 Å². The molecule has 0 aliphatic carbocycles. The van der Waals surface area contributed by atoms with Crippen molar-refractivity contribution in [1.82, 2.24) is 10.2 Å². The molecule has 1 aromatic carbocycles. The Morgan fingerprint density at radius 3 is 2.64 bits per heavy atom. The molecule has 2 rings (SSSR count). The van der Waals surface area contributed by atoms with Crippen LogP contribution >= 0.6 is 0 Å². The Morgan fingerprint density at radius 2 is 2.07 bits per heavy atom. The van der Waals surface area contributed by atoms with Gasteiger partial charge in [-0.3, -0.25) is 0 Å². The van der Waals surface area contributed by atoms with Crippen molar-refractivity contribution in [2.24, 2.45) is 5.11 Å². The number of benzene rings is 1. The molecule has 0 spiro atoms. The maximum atomic E-state index is 8.19. The fraction of sp³-hybridized carbons (Fsp3) is 0. The van der Waals surface area contributed by atoms with E-state index in [1.54, 1.807) is 24.3 Å². The average Bonchev–Trinajstić information content (AvgIpc) is 2.72. The van der Waals surface area contributed by atoms with Gasteiger partial charge in [0.05, 0.1) is 0 Å². The Balaban J connectivity index is 2.35. The first-order valence-corrected chi connectivity index (χ1v) is 3.82. The molecule has 0 amide bonds. The third kappa shape index (κ3) is 1.55. The number of aromatic nitrogens is 2. The first-order chi connectivity index (χ1) is 6.90. The van der Waals surface area contributed by atoms with Gasteiger partial charge in [0.15, 0.2) is 0 Å². The zero-order chi connectivity index (χ0) is 9.80. The van der Waals surface area contributed by atoms with Crippen LogP contribution in [0.5, 0.6) is 0 Å². The summed E-state index contributed by atoms with van der Waals surface area (Å²) in [5, 5.41) is 10.7. The minimum atomic E-state index is 0.442. The lowest BCUT2D eigenvalue weighted by Gasteiger charge is -1.94. The van der Waals surface area contributed by atoms with E-state index in [-0.39, 0.29) is 0 Å². The second kappa shape index (κ2) is 3.59. The van der Waals surface area contributed by atoms with Crippen molar-refractivity contribution >= 4 is 5.69 Å². The summed E-state index contributed by atoms with van der Waals surface area (Å²) < 4.78 is 4.99. The Hall–Kier alpha value is -2.33. The van der Waals surface area contributed by atoms with Crippen LogP contribution in [0.25, 0.3) is 21.9 Å². The summed E-state index contributed by atoms with van der Waals surface area (Å²) in [7, 11) is 0. The van der Waals surface area contributed by atoms with Crippen LogP contribution in [0.4, 0.5) is 5.69 Å². The van der Waals surface area contributed by atoms with Gasteiger partial charge in [-0.05, 0) is 17.7 Å². The quantitative estimate of drug-likeness (QED) is 0.411. The molecule has 0 N–H and O–H groups in total. The molecule has 68 valence electrons. The summed E-state index contributed by atoms with van der Waals surface area (Å²) in [6, 6.07) is 6.85. The van der Waals surface area contributed by atoms with Gasteiger partial charge in [-0.1, -0.05) is 17.2 Å². The summed E-state index contributed by atoms with van der Waals surface area (Å²) in [6.45, 7) is 0. The van der Waals surface area contributed by atoms with Gasteiger partial charge in [0.1, 0.15) is 0 Å². The molecule has 6 heteroatoms. The molecule has 6 nitrogen and oxygen atoms in total. The molecule has 0 unspecified atom stereocenters. The van der Waals surface area contributed by atoms with Crippen LogP contribution in [0.15, 0.2) is 40.2 Å². The van der Waals surface area contributed by atoms with Crippen LogP contribution in [0, 0.1) is 0 Å². The maximum absolute atomic E-state index is 8.19. The highest BCUT2D eigenvalue weighted by Crippen LogP contribution is 2.20. The lowest BCUT2D eigenvalue weighted by molar-refractivity contribution is 0.568. The summed E-state index contributed by atoms with van der Waals surface area (Å²) in [4.78, 5) is 2.67. The summed E-state index contributed by atoms with van der Waals surface area (Å²) in [5.74, 6) is 0.442. The van der Waals surface area contributed by atoms with Gasteiger partial charge in [-0.2, -0.15) is 0 Å². The van der Waals surface area contributed by atoms with Crippen molar-refractivity contribution in [2.45, 2.75) is 0 Å². The van der Waals surface area contributed by atoms with Crippen molar-refractivity contribution in [1.29, 1.82) is 0 Å². The third-order valence-electron chi connectivity index (χ3n) is 1.63. The fourth-order valence-electron chi connectivity index (χ4n) is 1.02. The van der Waals surface area contributed by atoms with Crippen molar-refractivity contribution in [2.75, 3.05) is 0 Å². The van der Waals surface area contributed by atoms with E-state index in [0.717, 1.165) is 5.56 Å². The number of azide groups is 1. The second-order valence-electron chi connectivity index (χ2n) is 2.48. The van der Waals surface area contributed by atoms with Gasteiger partial charge < -0.3 is 4.42 Å². The van der Waals surface area contributed by atoms with E-state index in [0.29, 0.717) is 11.6 Å². The van der Waals surface area contributed by atoms with Crippen LogP contribution in [0.1, 0.15) is 0 Å². The molecule has 0 atom stereocenters. The van der Waals surface area contributed by atoms with E-state index in [1.165, 1.54) is 6.39 Å². The normalized spacial score (nSPS) is 9.43. The molecular weight excluding hydrogens is 182 g/mol. The smallest absolute Gasteiger partial charge is 0.247 e. The highest BCUT2D eigenvalue weighted by molar-refractivity contribution is 5.56. The van der Waals surface area contributed by atoms with Crippen molar-refractivity contribution in [3.8, 4) is 11.5 Å². The van der Waals surface area contributed by atoms with Gasteiger partial charge in [0.25, 0.3) is 0 Å². The lowest BCUT2D eigenvalue weighted by Crippen LogP contribution is -1.76. The Labute approximate surface area is 78.8 Å². The highest BCUT2D eigenvalue weighted by Gasteiger charge is 2.01. The zero-order valence-electron chi connectivity index (χ0n) is 7.03. The lowest BCUT2D eigenvalue weighted by atomic mass is 10.2. The molecule has 1 heterocycles. The summed E-state index contributed by atoms with van der Waals surface area (Å²) >= 11 is 0. The Bertz CT molecular complexity index is 455. The first kappa shape index (κ1) is 8.28. The SMILES string of the molecule is [N-]=[N+]=Nc1ccc(-c2nnco2)cc1. The predicted molar refractivity (Wildman–Crippen MR) is 48.5 cm³/mol. The van der Waals surface area contributed by atoms with Gasteiger partial charge in [-0.15, -0.1) is 10.2 Å². The third-order valence-corrected chi connectivity index (χ3v) is 1.63. The molecule has 14 heavy (non-hydrogen) atoms. The van der Waals surface area contributed by atoms with E-state index in [4.69, 9.17) is 9.95 Å². The van der Waals surface area contributed by atoms with Crippen LogP contribution in [0.2, 0.25) is 0 Å². The van der Waals surface area contributed by atoms with Crippen molar-refractivity contribution in [3.63, 3.8) is 0 Å². The topological polar surface area (TPSA) is 87.7 Å². The first-order valence-electron chi connectivity index (χ1n) is 3.82. The Kier molecular flexibility index (Phi) is 2.12. The van der Waals surface area contributed by atoms with Gasteiger partial charge >= 0.3 is 0 Å². The van der Waals surface area contributed by atoms with Crippen LogP contribution in [-0.2, 0) is 0 Å². The van der Waals surface area contributed by atoms with E-state index in [9.17, 15) is 0 Å². The minimum absolute atomic E-state index is 0.442. The molecule has 0 fully saturated rings. The van der Waals surface area contributed by atoms with E-state index >= 15 is 0 Å². The molecule has 0 saturated carbocycles. The fourth-order valence-corrected chi connectivity index (χ4v) is 1.02. The minimum Gasteiger partial charge on any atom is -0.423 e. The summed E-state index contributed by atoms with van der Waals surface area (Å²) in [6.07, 6.45) is 1.26. The second-order valence-corrected chi connectivity index (χ2v) is 2.48. The zero-order valence-corrected chi connectivity index (χ0v) is 7.03. The number of rotatable bonds is 2. The molecule has 0 saturated heterocycles. The van der Waals surface area contributed by atoms with Crippen LogP contribution in [-0.4, -0.2) is 10.2 Å². The molecule has 0 radical (unpaired) electrons. The summed E-state index contributed by atoms with van der Waals surface area (Å²) in [5.41, 5.74) is 9.53. The molecule has 0 aliphatic rings. The van der Waals surface area contributed by atoms with E-state index in [1.807, 2.05) is 0 Å². The highest BCUT2D eigenvalue weighted by atomic mass is 16.4. The Morgan fingerprint density at radius 1 is 1.29 bits per heavy atom. The largest absolute Gasteiger partial charge is 0.423 e. The molecular formula is C8H5N5O.